The van der Waals surface area contributed by atoms with Gasteiger partial charge >= 0.3 is 0 Å². The summed E-state index contributed by atoms with van der Waals surface area (Å²) in [6.45, 7) is -0.0363. The molecule has 4 nitrogen and oxygen atoms in total. The van der Waals surface area contributed by atoms with Gasteiger partial charge < -0.3 is 15.4 Å². The van der Waals surface area contributed by atoms with Gasteiger partial charge in [-0.05, 0) is 18.6 Å². The minimum Gasteiger partial charge on any atom is -0.398 e. The van der Waals surface area contributed by atoms with Crippen LogP contribution in [0.4, 0.5) is 20.2 Å². The van der Waals surface area contributed by atoms with Crippen molar-refractivity contribution >= 4 is 17.3 Å². The van der Waals surface area contributed by atoms with Gasteiger partial charge in [-0.3, -0.25) is 4.79 Å². The van der Waals surface area contributed by atoms with Gasteiger partial charge in [-0.1, -0.05) is 6.07 Å². The van der Waals surface area contributed by atoms with Crippen molar-refractivity contribution in [1.29, 1.82) is 0 Å². The van der Waals surface area contributed by atoms with Crippen LogP contribution in [0, 0.1) is 0 Å². The highest BCUT2D eigenvalue weighted by Gasteiger charge is 2.25. The van der Waals surface area contributed by atoms with Crippen LogP contribution in [-0.2, 0) is 16.0 Å². The Morgan fingerprint density at radius 2 is 2.26 bits per heavy atom. The highest BCUT2D eigenvalue weighted by Crippen LogP contribution is 2.32. The molecule has 0 saturated heterocycles. The van der Waals surface area contributed by atoms with Crippen molar-refractivity contribution in [1.82, 2.24) is 0 Å². The number of nitrogens with zero attached hydrogens (tertiary/aromatic N) is 1. The average Bonchev–Trinajstić information content (AvgIpc) is 2.79. The van der Waals surface area contributed by atoms with E-state index in [0.29, 0.717) is 12.2 Å². The zero-order valence-electron chi connectivity index (χ0n) is 10.4. The number of carbonyl (C=O) groups is 1. The van der Waals surface area contributed by atoms with E-state index in [4.69, 9.17) is 10.5 Å². The number of rotatable bonds is 5. The predicted octanol–water partition coefficient (Wildman–Crippen LogP) is 1.83. The summed E-state index contributed by atoms with van der Waals surface area (Å²) in [5.41, 5.74) is 8.32. The van der Waals surface area contributed by atoms with Crippen LogP contribution in [0.1, 0.15) is 12.0 Å². The summed E-state index contributed by atoms with van der Waals surface area (Å²) in [6.07, 6.45) is -1.67. The van der Waals surface area contributed by atoms with Gasteiger partial charge in [0.2, 0.25) is 5.91 Å². The molecule has 1 aromatic carbocycles. The fourth-order valence-electron chi connectivity index (χ4n) is 2.19. The van der Waals surface area contributed by atoms with Crippen LogP contribution in [0.2, 0.25) is 0 Å². The zero-order valence-corrected chi connectivity index (χ0v) is 10.4. The molecule has 0 saturated carbocycles. The van der Waals surface area contributed by atoms with Crippen LogP contribution >= 0.6 is 0 Å². The SMILES string of the molecule is Nc1cccc2c1CCN2C(=O)CCOCC(F)F. The van der Waals surface area contributed by atoms with Crippen LogP contribution in [-0.4, -0.2) is 32.1 Å². The summed E-state index contributed by atoms with van der Waals surface area (Å²) in [5.74, 6) is -0.126. The van der Waals surface area contributed by atoms with Gasteiger partial charge in [-0.25, -0.2) is 8.78 Å². The molecular formula is C13H16F2N2O2. The van der Waals surface area contributed by atoms with Gasteiger partial charge in [-0.2, -0.15) is 0 Å². The molecule has 19 heavy (non-hydrogen) atoms. The van der Waals surface area contributed by atoms with E-state index in [2.05, 4.69) is 0 Å². The lowest BCUT2D eigenvalue weighted by Gasteiger charge is -2.17. The Hall–Kier alpha value is -1.69. The Morgan fingerprint density at radius 3 is 3.00 bits per heavy atom. The van der Waals surface area contributed by atoms with E-state index in [1.54, 1.807) is 17.0 Å². The average molecular weight is 270 g/mol. The summed E-state index contributed by atoms with van der Waals surface area (Å²) < 4.78 is 28.4. The maximum Gasteiger partial charge on any atom is 0.261 e. The van der Waals surface area contributed by atoms with Crippen molar-refractivity contribution in [2.45, 2.75) is 19.3 Å². The molecule has 0 bridgehead atoms. The first-order valence-corrected chi connectivity index (χ1v) is 6.13. The Labute approximate surface area is 110 Å². The van der Waals surface area contributed by atoms with Crippen LogP contribution < -0.4 is 10.6 Å². The third-order valence-corrected chi connectivity index (χ3v) is 3.07. The minimum atomic E-state index is -2.50. The third-order valence-electron chi connectivity index (χ3n) is 3.07. The number of fused-ring (bicyclic) bond motifs is 1. The molecule has 0 radical (unpaired) electrons. The number of hydrogen-bond donors (Lipinski definition) is 1. The van der Waals surface area contributed by atoms with Crippen LogP contribution in [0.3, 0.4) is 0 Å². The highest BCUT2D eigenvalue weighted by molar-refractivity contribution is 5.96. The van der Waals surface area contributed by atoms with Gasteiger partial charge in [-0.15, -0.1) is 0 Å². The number of halogens is 2. The fraction of sp³-hybridized carbons (Fsp3) is 0.462. The molecule has 0 spiro atoms. The minimum absolute atomic E-state index is 0.0112. The molecule has 2 N–H and O–H groups in total. The van der Waals surface area contributed by atoms with E-state index in [1.165, 1.54) is 0 Å². The van der Waals surface area contributed by atoms with Crippen molar-refractivity contribution in [3.8, 4) is 0 Å². The van der Waals surface area contributed by atoms with Gasteiger partial charge in [0.1, 0.15) is 6.61 Å². The Balaban J connectivity index is 1.91. The molecular weight excluding hydrogens is 254 g/mol. The molecule has 1 aliphatic heterocycles. The first-order valence-electron chi connectivity index (χ1n) is 6.13. The monoisotopic (exact) mass is 270 g/mol. The quantitative estimate of drug-likeness (QED) is 0.656. The summed E-state index contributed by atoms with van der Waals surface area (Å²) >= 11 is 0. The summed E-state index contributed by atoms with van der Waals surface area (Å²) in [6, 6.07) is 5.45. The Morgan fingerprint density at radius 1 is 1.47 bits per heavy atom. The second-order valence-electron chi connectivity index (χ2n) is 4.36. The smallest absolute Gasteiger partial charge is 0.261 e. The molecule has 0 aromatic heterocycles. The second-order valence-corrected chi connectivity index (χ2v) is 4.36. The molecule has 0 fully saturated rings. The fourth-order valence-corrected chi connectivity index (χ4v) is 2.19. The number of alkyl halides is 2. The maximum atomic E-state index is 12.0. The van der Waals surface area contributed by atoms with Crippen molar-refractivity contribution in [2.75, 3.05) is 30.4 Å². The summed E-state index contributed by atoms with van der Waals surface area (Å²) in [5, 5.41) is 0. The van der Waals surface area contributed by atoms with Crippen molar-refractivity contribution < 1.29 is 18.3 Å². The first kappa shape index (κ1) is 13.7. The van der Waals surface area contributed by atoms with Gasteiger partial charge in [0, 0.05) is 23.5 Å². The lowest BCUT2D eigenvalue weighted by atomic mass is 10.1. The van der Waals surface area contributed by atoms with Crippen molar-refractivity contribution in [3.63, 3.8) is 0 Å². The lowest BCUT2D eigenvalue weighted by molar-refractivity contribution is -0.120. The molecule has 1 aromatic rings. The standard InChI is InChI=1S/C13H16F2N2O2/c14-12(15)8-19-7-5-13(18)17-6-4-9-10(16)2-1-3-11(9)17/h1-3,12H,4-8,16H2. The molecule has 1 heterocycles. The number of hydrogen-bond acceptors (Lipinski definition) is 3. The third kappa shape index (κ3) is 3.20. The maximum absolute atomic E-state index is 12.0. The summed E-state index contributed by atoms with van der Waals surface area (Å²) in [7, 11) is 0. The van der Waals surface area contributed by atoms with Crippen LogP contribution in [0.5, 0.6) is 0 Å². The molecule has 1 amide bonds. The number of nitrogen functional groups attached to an aromatic ring is 1. The second kappa shape index (κ2) is 5.97. The molecule has 0 atom stereocenters. The van der Waals surface area contributed by atoms with Gasteiger partial charge in [0.25, 0.3) is 6.43 Å². The molecule has 1 aliphatic rings. The van der Waals surface area contributed by atoms with E-state index >= 15 is 0 Å². The van der Waals surface area contributed by atoms with Crippen molar-refractivity contribution in [3.05, 3.63) is 23.8 Å². The molecule has 2 rings (SSSR count). The molecule has 104 valence electrons. The molecule has 6 heteroatoms. The number of nitrogens with two attached hydrogens (primary N) is 1. The topological polar surface area (TPSA) is 55.6 Å². The molecule has 0 unspecified atom stereocenters. The van der Waals surface area contributed by atoms with Crippen molar-refractivity contribution in [2.24, 2.45) is 0 Å². The van der Waals surface area contributed by atoms with Crippen LogP contribution in [0.15, 0.2) is 18.2 Å². The number of anilines is 2. The lowest BCUT2D eigenvalue weighted by Crippen LogP contribution is -2.29. The summed E-state index contributed by atoms with van der Waals surface area (Å²) in [4.78, 5) is 13.6. The van der Waals surface area contributed by atoms with E-state index < -0.39 is 13.0 Å². The Bertz CT molecular complexity index is 466. The zero-order chi connectivity index (χ0) is 13.8. The van der Waals surface area contributed by atoms with Gasteiger partial charge in [0.15, 0.2) is 0 Å². The van der Waals surface area contributed by atoms with E-state index in [0.717, 1.165) is 17.7 Å². The van der Waals surface area contributed by atoms with E-state index in [1.807, 2.05) is 6.07 Å². The van der Waals surface area contributed by atoms with Crippen LogP contribution in [0.25, 0.3) is 0 Å². The molecule has 0 aliphatic carbocycles. The number of amides is 1. The normalized spacial score (nSPS) is 13.9. The highest BCUT2D eigenvalue weighted by atomic mass is 19.3. The predicted molar refractivity (Wildman–Crippen MR) is 68.4 cm³/mol. The number of ether oxygens (including phenoxy) is 1. The van der Waals surface area contributed by atoms with E-state index in [-0.39, 0.29) is 18.9 Å². The van der Waals surface area contributed by atoms with E-state index in [9.17, 15) is 13.6 Å². The Kier molecular flexibility index (Phi) is 4.31. The van der Waals surface area contributed by atoms with Gasteiger partial charge in [0.05, 0.1) is 13.0 Å². The number of carbonyl (C=O) groups excluding carboxylic acids is 1. The largest absolute Gasteiger partial charge is 0.398 e. The number of benzene rings is 1. The first-order chi connectivity index (χ1) is 9.09.